The van der Waals surface area contributed by atoms with Crippen molar-refractivity contribution in [2.45, 2.75) is 12.6 Å². The number of carbonyl (C=O) groups excluding carboxylic acids is 1. The molecule has 2 unspecified atom stereocenters. The fourth-order valence-corrected chi connectivity index (χ4v) is 1.51. The Morgan fingerprint density at radius 1 is 1.69 bits per heavy atom. The maximum Gasteiger partial charge on any atom is 0.405 e. The lowest BCUT2D eigenvalue weighted by Gasteiger charge is -2.17. The minimum atomic E-state index is -4.55. The summed E-state index contributed by atoms with van der Waals surface area (Å²) in [5.41, 5.74) is 2.77. The van der Waals surface area contributed by atoms with Gasteiger partial charge in [0, 0.05) is 0 Å². The number of hydrogen-bond donors (Lipinski definition) is 1. The number of ether oxygens (including phenoxy) is 1. The van der Waals surface area contributed by atoms with Crippen LogP contribution in [0.15, 0.2) is 0 Å². The highest BCUT2D eigenvalue weighted by Crippen LogP contribution is 2.62. The second-order valence-corrected chi connectivity index (χ2v) is 3.10. The summed E-state index contributed by atoms with van der Waals surface area (Å²) in [6.07, 6.45) is -4.80. The Bertz CT molecular complexity index is 228. The van der Waals surface area contributed by atoms with Crippen LogP contribution in [0.4, 0.5) is 13.2 Å². The molecule has 2 N–H and O–H groups in total. The monoisotopic (exact) mass is 197 g/mol. The molecule has 1 fully saturated rings. The van der Waals surface area contributed by atoms with E-state index in [4.69, 9.17) is 5.73 Å². The van der Waals surface area contributed by atoms with Crippen molar-refractivity contribution in [2.75, 3.05) is 13.7 Å². The largest absolute Gasteiger partial charge is 0.468 e. The molecule has 0 aromatic rings. The molecule has 1 aliphatic rings. The van der Waals surface area contributed by atoms with Crippen LogP contribution in [0.3, 0.4) is 0 Å². The average molecular weight is 197 g/mol. The molecule has 13 heavy (non-hydrogen) atoms. The molecule has 0 radical (unpaired) electrons. The van der Waals surface area contributed by atoms with E-state index >= 15 is 0 Å². The first-order valence-corrected chi connectivity index (χ1v) is 3.75. The highest BCUT2D eigenvalue weighted by atomic mass is 19.4. The van der Waals surface area contributed by atoms with Gasteiger partial charge >= 0.3 is 12.1 Å². The molecule has 0 bridgehead atoms. The maximum atomic E-state index is 12.4. The zero-order valence-corrected chi connectivity index (χ0v) is 7.02. The number of hydrogen-bond acceptors (Lipinski definition) is 3. The number of methoxy groups -OCH3 is 1. The van der Waals surface area contributed by atoms with Crippen LogP contribution in [0.5, 0.6) is 0 Å². The van der Waals surface area contributed by atoms with Gasteiger partial charge in [-0.15, -0.1) is 0 Å². The number of esters is 1. The zero-order valence-electron chi connectivity index (χ0n) is 7.02. The zero-order chi connectivity index (χ0) is 10.3. The summed E-state index contributed by atoms with van der Waals surface area (Å²) in [4.78, 5) is 10.9. The van der Waals surface area contributed by atoms with Crippen molar-refractivity contribution in [1.82, 2.24) is 0 Å². The molecule has 1 saturated carbocycles. The Morgan fingerprint density at radius 2 is 2.23 bits per heavy atom. The van der Waals surface area contributed by atoms with Crippen molar-refractivity contribution in [2.24, 2.45) is 17.1 Å². The van der Waals surface area contributed by atoms with Gasteiger partial charge in [0.2, 0.25) is 0 Å². The quantitative estimate of drug-likeness (QED) is 0.662. The minimum absolute atomic E-state index is 0.144. The molecule has 1 rings (SSSR count). The molecule has 2 atom stereocenters. The van der Waals surface area contributed by atoms with Gasteiger partial charge in [-0.2, -0.15) is 13.2 Å². The van der Waals surface area contributed by atoms with E-state index in [2.05, 4.69) is 4.74 Å². The first-order chi connectivity index (χ1) is 5.90. The standard InChI is InChI=1S/C7H10F3NO2/c1-13-5(12)6(7(8,9)10)2-4(6)3-11/h4H,2-3,11H2,1H3. The second-order valence-electron chi connectivity index (χ2n) is 3.10. The lowest BCUT2D eigenvalue weighted by molar-refractivity contribution is -0.208. The molecule has 0 heterocycles. The van der Waals surface area contributed by atoms with Crippen molar-refractivity contribution in [3.63, 3.8) is 0 Å². The van der Waals surface area contributed by atoms with Gasteiger partial charge in [-0.05, 0) is 18.9 Å². The Labute approximate surface area is 73.0 Å². The fourth-order valence-electron chi connectivity index (χ4n) is 1.51. The van der Waals surface area contributed by atoms with Gasteiger partial charge in [-0.1, -0.05) is 0 Å². The normalized spacial score (nSPS) is 32.8. The highest BCUT2D eigenvalue weighted by molar-refractivity contribution is 5.81. The molecular weight excluding hydrogens is 187 g/mol. The third kappa shape index (κ3) is 1.29. The average Bonchev–Trinajstić information content (AvgIpc) is 2.77. The van der Waals surface area contributed by atoms with E-state index in [0.717, 1.165) is 7.11 Å². The van der Waals surface area contributed by atoms with Gasteiger partial charge < -0.3 is 10.5 Å². The van der Waals surface area contributed by atoms with E-state index in [1.54, 1.807) is 0 Å². The maximum absolute atomic E-state index is 12.4. The molecule has 0 saturated heterocycles. The highest BCUT2D eigenvalue weighted by Gasteiger charge is 2.75. The predicted molar refractivity (Wildman–Crippen MR) is 37.7 cm³/mol. The van der Waals surface area contributed by atoms with Gasteiger partial charge in [0.15, 0.2) is 5.41 Å². The number of alkyl halides is 3. The Kier molecular flexibility index (Phi) is 2.27. The van der Waals surface area contributed by atoms with Crippen LogP contribution < -0.4 is 5.73 Å². The van der Waals surface area contributed by atoms with Crippen LogP contribution in [0, 0.1) is 11.3 Å². The number of carbonyl (C=O) groups is 1. The van der Waals surface area contributed by atoms with Crippen LogP contribution in [0.1, 0.15) is 6.42 Å². The van der Waals surface area contributed by atoms with E-state index < -0.39 is 23.5 Å². The summed E-state index contributed by atoms with van der Waals surface area (Å²) in [6.45, 7) is -0.144. The molecule has 0 amide bonds. The third-order valence-electron chi connectivity index (χ3n) is 2.45. The van der Waals surface area contributed by atoms with Crippen molar-refractivity contribution >= 4 is 5.97 Å². The van der Waals surface area contributed by atoms with Gasteiger partial charge in [-0.25, -0.2) is 0 Å². The smallest absolute Gasteiger partial charge is 0.405 e. The van der Waals surface area contributed by atoms with Gasteiger partial charge in [0.1, 0.15) is 0 Å². The van der Waals surface area contributed by atoms with E-state index in [9.17, 15) is 18.0 Å². The van der Waals surface area contributed by atoms with Crippen LogP contribution in [0.2, 0.25) is 0 Å². The molecule has 0 aromatic carbocycles. The lowest BCUT2D eigenvalue weighted by atomic mass is 10.0. The van der Waals surface area contributed by atoms with E-state index in [0.29, 0.717) is 0 Å². The van der Waals surface area contributed by atoms with Crippen LogP contribution in [-0.4, -0.2) is 25.8 Å². The Morgan fingerprint density at radius 3 is 2.46 bits per heavy atom. The van der Waals surface area contributed by atoms with Crippen molar-refractivity contribution in [1.29, 1.82) is 0 Å². The first-order valence-electron chi connectivity index (χ1n) is 3.75. The SMILES string of the molecule is COC(=O)C1(C(F)(F)F)CC1CN. The molecule has 0 aromatic heterocycles. The van der Waals surface area contributed by atoms with E-state index in [1.807, 2.05) is 0 Å². The van der Waals surface area contributed by atoms with Crippen LogP contribution in [0.25, 0.3) is 0 Å². The predicted octanol–water partition coefficient (Wildman–Crippen LogP) is 0.687. The summed E-state index contributed by atoms with van der Waals surface area (Å²) in [5, 5.41) is 0. The molecule has 6 heteroatoms. The summed E-state index contributed by atoms with van der Waals surface area (Å²) in [6, 6.07) is 0. The summed E-state index contributed by atoms with van der Waals surface area (Å²) in [5.74, 6) is -2.05. The van der Waals surface area contributed by atoms with E-state index in [-0.39, 0.29) is 13.0 Å². The van der Waals surface area contributed by atoms with Crippen LogP contribution in [-0.2, 0) is 9.53 Å². The Hall–Kier alpha value is -0.780. The van der Waals surface area contributed by atoms with Gasteiger partial charge in [0.05, 0.1) is 7.11 Å². The molecule has 3 nitrogen and oxygen atoms in total. The summed E-state index contributed by atoms with van der Waals surface area (Å²) in [7, 11) is 0.946. The molecular formula is C7H10F3NO2. The molecule has 0 aliphatic heterocycles. The fraction of sp³-hybridized carbons (Fsp3) is 0.857. The summed E-state index contributed by atoms with van der Waals surface area (Å²) < 4.78 is 41.4. The number of rotatable bonds is 2. The topological polar surface area (TPSA) is 52.3 Å². The summed E-state index contributed by atoms with van der Waals surface area (Å²) >= 11 is 0. The number of halogens is 3. The lowest BCUT2D eigenvalue weighted by Crippen LogP contribution is -2.36. The number of nitrogens with two attached hydrogens (primary N) is 1. The van der Waals surface area contributed by atoms with Gasteiger partial charge in [0.25, 0.3) is 0 Å². The van der Waals surface area contributed by atoms with Crippen molar-refractivity contribution in [3.05, 3.63) is 0 Å². The van der Waals surface area contributed by atoms with Crippen molar-refractivity contribution < 1.29 is 22.7 Å². The molecule has 0 spiro atoms. The van der Waals surface area contributed by atoms with Crippen LogP contribution >= 0.6 is 0 Å². The first kappa shape index (κ1) is 10.3. The minimum Gasteiger partial charge on any atom is -0.468 e. The van der Waals surface area contributed by atoms with Crippen molar-refractivity contribution in [3.8, 4) is 0 Å². The molecule has 1 aliphatic carbocycles. The third-order valence-corrected chi connectivity index (χ3v) is 2.45. The Balaban J connectivity index is 2.87. The van der Waals surface area contributed by atoms with Gasteiger partial charge in [-0.3, -0.25) is 4.79 Å². The molecule has 76 valence electrons. The second kappa shape index (κ2) is 2.87. The van der Waals surface area contributed by atoms with E-state index in [1.165, 1.54) is 0 Å².